The topological polar surface area (TPSA) is 91.8 Å². The van der Waals surface area contributed by atoms with Crippen LogP contribution in [0.1, 0.15) is 57.6 Å². The number of benzene rings is 2. The molecule has 0 N–H and O–H groups in total. The number of likely N-dealkylation sites (tertiary alicyclic amines) is 1. The van der Waals surface area contributed by atoms with E-state index in [0.29, 0.717) is 42.3 Å². The van der Waals surface area contributed by atoms with Crippen molar-refractivity contribution >= 4 is 40.7 Å². The summed E-state index contributed by atoms with van der Waals surface area (Å²) in [5.41, 5.74) is 3.03. The number of ether oxygens (including phenoxy) is 2. The number of fused-ring (bicyclic) bond motifs is 2. The van der Waals surface area contributed by atoms with Crippen LogP contribution < -0.4 is 9.80 Å². The van der Waals surface area contributed by atoms with E-state index in [0.717, 1.165) is 56.0 Å². The number of carbonyl (C=O) groups excluding carboxylic acids is 2. The Morgan fingerprint density at radius 3 is 2.41 bits per heavy atom. The van der Waals surface area contributed by atoms with Gasteiger partial charge in [0.2, 0.25) is 5.91 Å². The maximum absolute atomic E-state index is 14.3. The number of piperidine rings is 1. The van der Waals surface area contributed by atoms with Gasteiger partial charge in [-0.15, -0.1) is 0 Å². The molecule has 41 heavy (non-hydrogen) atoms. The van der Waals surface area contributed by atoms with E-state index in [1.165, 1.54) is 0 Å². The van der Waals surface area contributed by atoms with Crippen molar-refractivity contribution in [2.24, 2.45) is 10.6 Å². The molecule has 9 nitrogen and oxygen atoms in total. The van der Waals surface area contributed by atoms with Crippen LogP contribution in [0.25, 0.3) is 0 Å². The maximum atomic E-state index is 14.3. The zero-order valence-electron chi connectivity index (χ0n) is 24.0. The van der Waals surface area contributed by atoms with Crippen molar-refractivity contribution in [2.75, 3.05) is 49.2 Å². The van der Waals surface area contributed by atoms with Crippen LogP contribution in [0.3, 0.4) is 0 Å². The van der Waals surface area contributed by atoms with Gasteiger partial charge >= 0.3 is 6.09 Å². The molecule has 4 aliphatic heterocycles. The monoisotopic (exact) mass is 580 g/mol. The van der Waals surface area contributed by atoms with Crippen LogP contribution in [-0.2, 0) is 26.2 Å². The minimum atomic E-state index is -0.663. The molecule has 4 heterocycles. The third-order valence-corrected chi connectivity index (χ3v) is 9.50. The Balaban J connectivity index is 1.26. The fraction of sp³-hybridized carbons (Fsp3) is 0.548. The van der Waals surface area contributed by atoms with E-state index in [-0.39, 0.29) is 24.0 Å². The Kier molecular flexibility index (Phi) is 7.01. The average Bonchev–Trinajstić information content (AvgIpc) is 3.14. The molecular weight excluding hydrogens is 544 g/mol. The maximum Gasteiger partial charge on any atom is 0.410 e. The van der Waals surface area contributed by atoms with Gasteiger partial charge in [-0.3, -0.25) is 9.69 Å². The molecule has 218 valence electrons. The van der Waals surface area contributed by atoms with Crippen molar-refractivity contribution in [3.05, 3.63) is 57.5 Å². The van der Waals surface area contributed by atoms with Crippen LogP contribution in [0.4, 0.5) is 21.9 Å². The highest BCUT2D eigenvalue weighted by atomic mass is 35.5. The summed E-state index contributed by atoms with van der Waals surface area (Å²) >= 11 is 6.50. The van der Waals surface area contributed by atoms with E-state index >= 15 is 0 Å². The lowest BCUT2D eigenvalue weighted by Gasteiger charge is -2.54. The molecule has 0 aliphatic carbocycles. The third-order valence-electron chi connectivity index (χ3n) is 9.15. The molecule has 2 spiro atoms. The summed E-state index contributed by atoms with van der Waals surface area (Å²) in [6, 6.07) is 11.7. The second-order valence-electron chi connectivity index (χ2n) is 12.9. The Hall–Kier alpha value is -3.17. The molecule has 10 heteroatoms. The molecule has 0 radical (unpaired) electrons. The molecule has 0 unspecified atom stereocenters. The lowest BCUT2D eigenvalue weighted by Crippen LogP contribution is -2.62. The Bertz CT molecular complexity index is 1370. The first-order chi connectivity index (χ1) is 19.6. The van der Waals surface area contributed by atoms with Gasteiger partial charge in [-0.1, -0.05) is 28.9 Å². The highest BCUT2D eigenvalue weighted by Gasteiger charge is 2.53. The predicted molar refractivity (Wildman–Crippen MR) is 158 cm³/mol. The summed E-state index contributed by atoms with van der Waals surface area (Å²) in [6.07, 6.45) is 2.95. The molecule has 0 aromatic heterocycles. The summed E-state index contributed by atoms with van der Waals surface area (Å²) in [4.78, 5) is 44.0. The van der Waals surface area contributed by atoms with Crippen LogP contribution in [0.2, 0.25) is 5.02 Å². The fourth-order valence-electron chi connectivity index (χ4n) is 6.94. The molecule has 0 atom stereocenters. The van der Waals surface area contributed by atoms with Crippen molar-refractivity contribution in [1.29, 1.82) is 0 Å². The van der Waals surface area contributed by atoms with Crippen molar-refractivity contribution in [3.8, 4) is 0 Å². The molecule has 0 saturated carbocycles. The number of nitroso groups, excluding NO2 is 1. The molecule has 0 bridgehead atoms. The number of amides is 2. The van der Waals surface area contributed by atoms with Crippen molar-refractivity contribution in [1.82, 2.24) is 4.90 Å². The minimum absolute atomic E-state index is 0.00309. The molecule has 3 fully saturated rings. The van der Waals surface area contributed by atoms with E-state index in [4.69, 9.17) is 21.1 Å². The smallest absolute Gasteiger partial charge is 0.410 e. The normalized spacial score (nSPS) is 21.2. The van der Waals surface area contributed by atoms with Gasteiger partial charge in [0.15, 0.2) is 0 Å². The molecule has 4 aliphatic rings. The van der Waals surface area contributed by atoms with Gasteiger partial charge in [0.25, 0.3) is 0 Å². The van der Waals surface area contributed by atoms with E-state index in [1.807, 2.05) is 31.7 Å². The number of hydrogen-bond donors (Lipinski definition) is 0. The Morgan fingerprint density at radius 1 is 1.05 bits per heavy atom. The van der Waals surface area contributed by atoms with Crippen molar-refractivity contribution < 1.29 is 19.1 Å². The lowest BCUT2D eigenvalue weighted by atomic mass is 9.72. The summed E-state index contributed by atoms with van der Waals surface area (Å²) in [7, 11) is 0. The Morgan fingerprint density at radius 2 is 1.76 bits per heavy atom. The molecule has 6 rings (SSSR count). The minimum Gasteiger partial charge on any atom is -0.444 e. The standard InChI is InChI=1S/C31H37ClN4O5/c1-29(2,3)41-28(38)35-19-30(20-35)9-13-34(14-10-30)21-7-8-23-26(17-21)36(27(37)31(23)11-15-40-16-12-31)25-6-4-5-24(32)22(25)18-33-39/h4-8,17H,9-16,18-20H2,1-3H3. The van der Waals surface area contributed by atoms with Crippen molar-refractivity contribution in [2.45, 2.75) is 64.0 Å². The lowest BCUT2D eigenvalue weighted by molar-refractivity contribution is -0.125. The average molecular weight is 581 g/mol. The second-order valence-corrected chi connectivity index (χ2v) is 13.3. The van der Waals surface area contributed by atoms with Gasteiger partial charge in [0, 0.05) is 61.1 Å². The van der Waals surface area contributed by atoms with Gasteiger partial charge in [-0.05, 0) is 76.3 Å². The quantitative estimate of drug-likeness (QED) is 0.402. The first-order valence-electron chi connectivity index (χ1n) is 14.4. The third kappa shape index (κ3) is 4.87. The number of halogens is 1. The number of carbonyl (C=O) groups is 2. The molecule has 2 aromatic rings. The first-order valence-corrected chi connectivity index (χ1v) is 14.8. The number of hydrogen-bond acceptors (Lipinski definition) is 7. The highest BCUT2D eigenvalue weighted by molar-refractivity contribution is 6.32. The number of anilines is 3. The fourth-order valence-corrected chi connectivity index (χ4v) is 7.17. The first kappa shape index (κ1) is 28.0. The summed E-state index contributed by atoms with van der Waals surface area (Å²) < 4.78 is 11.2. The van der Waals surface area contributed by atoms with Gasteiger partial charge in [0.1, 0.15) is 12.1 Å². The van der Waals surface area contributed by atoms with Crippen LogP contribution >= 0.6 is 11.6 Å². The van der Waals surface area contributed by atoms with Crippen LogP contribution in [0.15, 0.2) is 41.6 Å². The summed E-state index contributed by atoms with van der Waals surface area (Å²) in [6.45, 7) is 9.79. The summed E-state index contributed by atoms with van der Waals surface area (Å²) in [5.74, 6) is -0.00309. The van der Waals surface area contributed by atoms with Gasteiger partial charge in [-0.25, -0.2) is 4.79 Å². The van der Waals surface area contributed by atoms with E-state index in [9.17, 15) is 14.5 Å². The largest absolute Gasteiger partial charge is 0.444 e. The highest BCUT2D eigenvalue weighted by Crippen LogP contribution is 2.53. The number of nitrogens with zero attached hydrogens (tertiary/aromatic N) is 4. The van der Waals surface area contributed by atoms with Crippen LogP contribution in [0.5, 0.6) is 0 Å². The van der Waals surface area contributed by atoms with Gasteiger partial charge in [-0.2, -0.15) is 4.91 Å². The second kappa shape index (κ2) is 10.3. The van der Waals surface area contributed by atoms with Crippen molar-refractivity contribution in [3.63, 3.8) is 0 Å². The van der Waals surface area contributed by atoms with Crippen LogP contribution in [0, 0.1) is 10.3 Å². The molecule has 2 amide bonds. The molecule has 2 aromatic carbocycles. The van der Waals surface area contributed by atoms with Gasteiger partial charge < -0.3 is 19.3 Å². The predicted octanol–water partition coefficient (Wildman–Crippen LogP) is 6.17. The zero-order valence-corrected chi connectivity index (χ0v) is 24.7. The SMILES string of the molecule is CC(C)(C)OC(=O)N1CC2(CCN(c3ccc4c(c3)N(c3cccc(Cl)c3CN=O)C(=O)C43CCOCC3)CC2)C1. The van der Waals surface area contributed by atoms with Crippen LogP contribution in [-0.4, -0.2) is 61.9 Å². The molecule has 3 saturated heterocycles. The van der Waals surface area contributed by atoms with E-state index in [1.54, 1.807) is 17.0 Å². The molecular formula is C31H37ClN4O5. The van der Waals surface area contributed by atoms with E-state index in [2.05, 4.69) is 28.3 Å². The zero-order chi connectivity index (χ0) is 29.0. The van der Waals surface area contributed by atoms with E-state index < -0.39 is 11.0 Å². The summed E-state index contributed by atoms with van der Waals surface area (Å²) in [5, 5.41) is 3.52. The Labute approximate surface area is 245 Å². The van der Waals surface area contributed by atoms with Gasteiger partial charge in [0.05, 0.1) is 16.8 Å². The number of rotatable bonds is 4.